The van der Waals surface area contributed by atoms with Gasteiger partial charge in [-0.05, 0) is 11.6 Å². The number of rotatable bonds is 3. The number of aliphatic hydroxyl groups excluding tert-OH is 1. The molecule has 15 heavy (non-hydrogen) atoms. The fourth-order valence-electron chi connectivity index (χ4n) is 1.51. The molecule has 2 N–H and O–H groups in total. The molecule has 3 heteroatoms. The van der Waals surface area contributed by atoms with Crippen LogP contribution in [-0.4, -0.2) is 10.2 Å². The van der Waals surface area contributed by atoms with Crippen LogP contribution in [0.2, 0.25) is 0 Å². The molecule has 1 atom stereocenters. The van der Waals surface area contributed by atoms with E-state index in [9.17, 15) is 10.2 Å². The van der Waals surface area contributed by atoms with Crippen molar-refractivity contribution in [2.45, 2.75) is 12.5 Å². The average Bonchev–Trinajstić information content (AvgIpc) is 2.66. The molecule has 1 unspecified atom stereocenters. The third-order valence-electron chi connectivity index (χ3n) is 2.31. The number of aromatic hydroxyl groups is 1. The van der Waals surface area contributed by atoms with Crippen LogP contribution in [0.15, 0.2) is 47.1 Å². The fourth-order valence-corrected chi connectivity index (χ4v) is 1.51. The summed E-state index contributed by atoms with van der Waals surface area (Å²) in [6.45, 7) is 0. The fraction of sp³-hybridized carbons (Fsp3) is 0.167. The van der Waals surface area contributed by atoms with Crippen molar-refractivity contribution >= 4 is 0 Å². The summed E-state index contributed by atoms with van der Waals surface area (Å²) < 4.78 is 4.72. The first-order valence-electron chi connectivity index (χ1n) is 4.75. The zero-order chi connectivity index (χ0) is 10.7. The van der Waals surface area contributed by atoms with Crippen molar-refractivity contribution in [1.29, 1.82) is 0 Å². The molecule has 1 aromatic carbocycles. The van der Waals surface area contributed by atoms with Crippen LogP contribution < -0.4 is 0 Å². The minimum atomic E-state index is -0.730. The first kappa shape index (κ1) is 9.80. The van der Waals surface area contributed by atoms with Crippen molar-refractivity contribution < 1.29 is 14.6 Å². The normalized spacial score (nSPS) is 12.6. The topological polar surface area (TPSA) is 53.6 Å². The molecule has 78 valence electrons. The van der Waals surface area contributed by atoms with Crippen molar-refractivity contribution in [2.75, 3.05) is 0 Å². The second-order valence-electron chi connectivity index (χ2n) is 3.39. The summed E-state index contributed by atoms with van der Waals surface area (Å²) in [5, 5.41) is 19.1. The molecular weight excluding hydrogens is 192 g/mol. The van der Waals surface area contributed by atoms with E-state index in [1.54, 1.807) is 6.07 Å². The maximum absolute atomic E-state index is 9.82. The van der Waals surface area contributed by atoms with Gasteiger partial charge in [0, 0.05) is 6.42 Å². The van der Waals surface area contributed by atoms with E-state index in [2.05, 4.69) is 0 Å². The summed E-state index contributed by atoms with van der Waals surface area (Å²) in [5.74, 6) is -0.210. The van der Waals surface area contributed by atoms with Crippen LogP contribution in [0.3, 0.4) is 0 Å². The van der Waals surface area contributed by atoms with Crippen LogP contribution in [-0.2, 0) is 6.42 Å². The van der Waals surface area contributed by atoms with Gasteiger partial charge in [-0.3, -0.25) is 0 Å². The van der Waals surface area contributed by atoms with E-state index in [1.165, 1.54) is 6.26 Å². The minimum Gasteiger partial charge on any atom is -0.480 e. The van der Waals surface area contributed by atoms with Gasteiger partial charge in [-0.2, -0.15) is 0 Å². The van der Waals surface area contributed by atoms with Gasteiger partial charge in [-0.15, -0.1) is 0 Å². The first-order chi connectivity index (χ1) is 7.27. The molecule has 0 saturated carbocycles. The number of furan rings is 1. The second kappa shape index (κ2) is 4.19. The van der Waals surface area contributed by atoms with Gasteiger partial charge < -0.3 is 14.6 Å². The highest BCUT2D eigenvalue weighted by molar-refractivity contribution is 5.26. The van der Waals surface area contributed by atoms with Gasteiger partial charge in [0.25, 0.3) is 5.95 Å². The van der Waals surface area contributed by atoms with E-state index in [4.69, 9.17) is 4.42 Å². The highest BCUT2D eigenvalue weighted by Crippen LogP contribution is 2.27. The molecule has 0 aliphatic carbocycles. The Labute approximate surface area is 87.6 Å². The lowest BCUT2D eigenvalue weighted by molar-refractivity contribution is 0.170. The molecule has 0 radical (unpaired) electrons. The molecule has 2 rings (SSSR count). The third-order valence-corrected chi connectivity index (χ3v) is 2.31. The molecule has 0 bridgehead atoms. The predicted molar refractivity (Wildman–Crippen MR) is 55.5 cm³/mol. The molecule has 0 spiro atoms. The van der Waals surface area contributed by atoms with Gasteiger partial charge in [-0.1, -0.05) is 30.3 Å². The van der Waals surface area contributed by atoms with Gasteiger partial charge >= 0.3 is 0 Å². The third kappa shape index (κ3) is 2.19. The summed E-state index contributed by atoms with van der Waals surface area (Å²) in [6, 6.07) is 11.2. The summed E-state index contributed by atoms with van der Waals surface area (Å²) >= 11 is 0. The maximum atomic E-state index is 9.82. The second-order valence-corrected chi connectivity index (χ2v) is 3.39. The van der Waals surface area contributed by atoms with Crippen LogP contribution in [0.1, 0.15) is 17.2 Å². The Morgan fingerprint density at radius 1 is 1.13 bits per heavy atom. The number of hydrogen-bond acceptors (Lipinski definition) is 3. The molecule has 1 aromatic heterocycles. The Hall–Kier alpha value is -1.74. The lowest BCUT2D eigenvalue weighted by Crippen LogP contribution is -2.00. The van der Waals surface area contributed by atoms with E-state index in [1.807, 2.05) is 30.3 Å². The van der Waals surface area contributed by atoms with Crippen LogP contribution in [0.4, 0.5) is 0 Å². The summed E-state index contributed by atoms with van der Waals surface area (Å²) in [6.07, 6.45) is 1.10. The molecular formula is C12H12O3. The Morgan fingerprint density at radius 3 is 2.47 bits per heavy atom. The van der Waals surface area contributed by atoms with Gasteiger partial charge in [0.05, 0.1) is 17.9 Å². The summed E-state index contributed by atoms with van der Waals surface area (Å²) in [5.41, 5.74) is 1.45. The summed E-state index contributed by atoms with van der Waals surface area (Å²) in [4.78, 5) is 0. The van der Waals surface area contributed by atoms with Crippen molar-refractivity contribution in [3.63, 3.8) is 0 Å². The SMILES string of the molecule is Oc1occc1C(O)Cc1ccccc1. The number of hydrogen-bond donors (Lipinski definition) is 2. The average molecular weight is 204 g/mol. The van der Waals surface area contributed by atoms with Crippen LogP contribution in [0.5, 0.6) is 5.95 Å². The minimum absolute atomic E-state index is 0.210. The standard InChI is InChI=1S/C12H12O3/c13-11(10-6-7-15-12(10)14)8-9-4-2-1-3-5-9/h1-7,11,13-14H,8H2. The molecule has 0 amide bonds. The molecule has 0 aliphatic rings. The van der Waals surface area contributed by atoms with Gasteiger partial charge in [0.15, 0.2) is 0 Å². The van der Waals surface area contributed by atoms with E-state index in [0.29, 0.717) is 12.0 Å². The van der Waals surface area contributed by atoms with Crippen molar-refractivity contribution in [2.24, 2.45) is 0 Å². The molecule has 3 nitrogen and oxygen atoms in total. The van der Waals surface area contributed by atoms with E-state index >= 15 is 0 Å². The Kier molecular flexibility index (Phi) is 2.74. The van der Waals surface area contributed by atoms with E-state index < -0.39 is 6.10 Å². The van der Waals surface area contributed by atoms with Gasteiger partial charge in [-0.25, -0.2) is 0 Å². The predicted octanol–water partition coefficient (Wildman–Crippen LogP) is 2.26. The number of aliphatic hydroxyl groups is 1. The van der Waals surface area contributed by atoms with Crippen LogP contribution in [0, 0.1) is 0 Å². The lowest BCUT2D eigenvalue weighted by atomic mass is 10.0. The van der Waals surface area contributed by atoms with Crippen LogP contribution in [0.25, 0.3) is 0 Å². The van der Waals surface area contributed by atoms with Gasteiger partial charge in [0.1, 0.15) is 0 Å². The lowest BCUT2D eigenvalue weighted by Gasteiger charge is -2.08. The van der Waals surface area contributed by atoms with E-state index in [-0.39, 0.29) is 5.95 Å². The van der Waals surface area contributed by atoms with Crippen molar-refractivity contribution in [3.05, 3.63) is 53.8 Å². The largest absolute Gasteiger partial charge is 0.480 e. The Morgan fingerprint density at radius 2 is 1.87 bits per heavy atom. The highest BCUT2D eigenvalue weighted by Gasteiger charge is 2.14. The quantitative estimate of drug-likeness (QED) is 0.806. The molecule has 0 fully saturated rings. The maximum Gasteiger partial charge on any atom is 0.287 e. The van der Waals surface area contributed by atoms with Crippen molar-refractivity contribution in [1.82, 2.24) is 0 Å². The monoisotopic (exact) mass is 204 g/mol. The zero-order valence-corrected chi connectivity index (χ0v) is 8.13. The Balaban J connectivity index is 2.11. The Bertz CT molecular complexity index is 419. The zero-order valence-electron chi connectivity index (χ0n) is 8.13. The number of benzene rings is 1. The highest BCUT2D eigenvalue weighted by atomic mass is 16.5. The molecule has 1 heterocycles. The smallest absolute Gasteiger partial charge is 0.287 e. The van der Waals surface area contributed by atoms with Gasteiger partial charge in [0.2, 0.25) is 0 Å². The van der Waals surface area contributed by atoms with E-state index in [0.717, 1.165) is 5.56 Å². The first-order valence-corrected chi connectivity index (χ1v) is 4.75. The van der Waals surface area contributed by atoms with Crippen LogP contribution >= 0.6 is 0 Å². The molecule has 0 aliphatic heterocycles. The van der Waals surface area contributed by atoms with Crippen molar-refractivity contribution in [3.8, 4) is 5.95 Å². The summed E-state index contributed by atoms with van der Waals surface area (Å²) in [7, 11) is 0. The molecule has 0 saturated heterocycles. The molecule has 2 aromatic rings.